The zero-order valence-corrected chi connectivity index (χ0v) is 16.2. The SMILES string of the molecule is C[C@H]1Cc2ccccc2N1C(=O)COC(=O)CN1C(=O)CCOc2ccccc21. The molecule has 0 saturated carbocycles. The van der Waals surface area contributed by atoms with E-state index in [1.54, 1.807) is 29.2 Å². The van der Waals surface area contributed by atoms with E-state index in [2.05, 4.69) is 0 Å². The monoisotopic (exact) mass is 394 g/mol. The van der Waals surface area contributed by atoms with Crippen molar-refractivity contribution < 1.29 is 23.9 Å². The van der Waals surface area contributed by atoms with E-state index < -0.39 is 5.97 Å². The van der Waals surface area contributed by atoms with Gasteiger partial charge >= 0.3 is 5.97 Å². The van der Waals surface area contributed by atoms with Gasteiger partial charge in [0.1, 0.15) is 12.3 Å². The second kappa shape index (κ2) is 7.95. The number of fused-ring (bicyclic) bond motifs is 2. The molecule has 29 heavy (non-hydrogen) atoms. The molecule has 2 aromatic carbocycles. The highest BCUT2D eigenvalue weighted by molar-refractivity contribution is 6.01. The van der Waals surface area contributed by atoms with Crippen LogP contribution in [0.4, 0.5) is 11.4 Å². The Labute approximate surface area is 168 Å². The van der Waals surface area contributed by atoms with E-state index in [0.717, 1.165) is 17.7 Å². The van der Waals surface area contributed by atoms with Gasteiger partial charge in [-0.25, -0.2) is 0 Å². The largest absolute Gasteiger partial charge is 0.491 e. The Morgan fingerprint density at radius 2 is 1.83 bits per heavy atom. The molecule has 2 aliphatic rings. The summed E-state index contributed by atoms with van der Waals surface area (Å²) in [5.41, 5.74) is 2.49. The minimum absolute atomic E-state index is 0.00909. The van der Waals surface area contributed by atoms with Crippen LogP contribution in [0.15, 0.2) is 48.5 Å². The predicted molar refractivity (Wildman–Crippen MR) is 107 cm³/mol. The summed E-state index contributed by atoms with van der Waals surface area (Å²) in [6.07, 6.45) is 0.942. The average Bonchev–Trinajstić information content (AvgIpc) is 2.97. The van der Waals surface area contributed by atoms with Gasteiger partial charge in [-0.1, -0.05) is 30.3 Å². The maximum atomic E-state index is 12.7. The van der Waals surface area contributed by atoms with Crippen molar-refractivity contribution in [1.82, 2.24) is 0 Å². The summed E-state index contributed by atoms with van der Waals surface area (Å²) < 4.78 is 10.8. The van der Waals surface area contributed by atoms with Crippen molar-refractivity contribution in [3.05, 3.63) is 54.1 Å². The van der Waals surface area contributed by atoms with Crippen LogP contribution < -0.4 is 14.5 Å². The molecule has 0 bridgehead atoms. The Balaban J connectivity index is 1.40. The first kappa shape index (κ1) is 19.0. The number of hydrogen-bond donors (Lipinski definition) is 0. The molecule has 0 radical (unpaired) electrons. The molecule has 0 N–H and O–H groups in total. The minimum atomic E-state index is -0.636. The first-order chi connectivity index (χ1) is 14.0. The summed E-state index contributed by atoms with van der Waals surface area (Å²) in [4.78, 5) is 40.5. The van der Waals surface area contributed by atoms with Crippen LogP contribution in [-0.4, -0.2) is 43.6 Å². The summed E-state index contributed by atoms with van der Waals surface area (Å²) in [5.74, 6) is -0.588. The first-order valence-electron chi connectivity index (χ1n) is 9.62. The second-order valence-electron chi connectivity index (χ2n) is 7.15. The molecule has 7 heteroatoms. The van der Waals surface area contributed by atoms with Gasteiger partial charge in [-0.3, -0.25) is 19.3 Å². The number of hydrogen-bond acceptors (Lipinski definition) is 5. The molecule has 4 rings (SSSR count). The molecule has 2 aliphatic heterocycles. The molecule has 0 unspecified atom stereocenters. The van der Waals surface area contributed by atoms with E-state index in [4.69, 9.17) is 9.47 Å². The fraction of sp³-hybridized carbons (Fsp3) is 0.318. The van der Waals surface area contributed by atoms with Crippen LogP contribution in [0.1, 0.15) is 18.9 Å². The number of carbonyl (C=O) groups excluding carboxylic acids is 3. The number of nitrogens with zero attached hydrogens (tertiary/aromatic N) is 2. The third-order valence-electron chi connectivity index (χ3n) is 5.15. The number of benzene rings is 2. The molecule has 7 nitrogen and oxygen atoms in total. The predicted octanol–water partition coefficient (Wildman–Crippen LogP) is 2.32. The quantitative estimate of drug-likeness (QED) is 0.744. The van der Waals surface area contributed by atoms with Crippen molar-refractivity contribution in [1.29, 1.82) is 0 Å². The van der Waals surface area contributed by atoms with Crippen LogP contribution in [-0.2, 0) is 25.5 Å². The number of amides is 2. The standard InChI is InChI=1S/C22H22N2O5/c1-15-12-16-6-2-3-7-17(16)24(15)21(26)14-29-22(27)13-23-18-8-4-5-9-19(18)28-11-10-20(23)25/h2-9,15H,10-14H2,1H3/t15-/m0/s1. The molecular formula is C22H22N2O5. The molecule has 2 heterocycles. The third kappa shape index (κ3) is 3.81. The fourth-order valence-electron chi connectivity index (χ4n) is 3.83. The highest BCUT2D eigenvalue weighted by atomic mass is 16.5. The summed E-state index contributed by atoms with van der Waals surface area (Å²) >= 11 is 0. The second-order valence-corrected chi connectivity index (χ2v) is 7.15. The van der Waals surface area contributed by atoms with Crippen molar-refractivity contribution in [2.24, 2.45) is 0 Å². The Kier molecular flexibility index (Phi) is 5.20. The van der Waals surface area contributed by atoms with Gasteiger partial charge in [0, 0.05) is 11.7 Å². The van der Waals surface area contributed by atoms with E-state index in [-0.39, 0.29) is 44.0 Å². The van der Waals surface area contributed by atoms with Gasteiger partial charge in [0.05, 0.1) is 18.7 Å². The van der Waals surface area contributed by atoms with Gasteiger partial charge in [0.25, 0.3) is 5.91 Å². The highest BCUT2D eigenvalue weighted by Crippen LogP contribution is 2.32. The van der Waals surface area contributed by atoms with Crippen molar-refractivity contribution in [3.63, 3.8) is 0 Å². The molecule has 150 valence electrons. The maximum absolute atomic E-state index is 12.7. The van der Waals surface area contributed by atoms with Crippen LogP contribution in [0.5, 0.6) is 5.75 Å². The van der Waals surface area contributed by atoms with Gasteiger partial charge in [-0.15, -0.1) is 0 Å². The molecule has 0 aliphatic carbocycles. The molecule has 1 atom stereocenters. The van der Waals surface area contributed by atoms with E-state index in [1.165, 1.54) is 4.90 Å². The van der Waals surface area contributed by atoms with Gasteiger partial charge in [0.15, 0.2) is 6.61 Å². The maximum Gasteiger partial charge on any atom is 0.326 e. The van der Waals surface area contributed by atoms with Gasteiger partial charge in [-0.05, 0) is 37.1 Å². The molecule has 0 aromatic heterocycles. The van der Waals surface area contributed by atoms with E-state index in [0.29, 0.717) is 11.4 Å². The zero-order valence-electron chi connectivity index (χ0n) is 16.2. The number of carbonyl (C=O) groups is 3. The average molecular weight is 394 g/mol. The number of rotatable bonds is 4. The van der Waals surface area contributed by atoms with E-state index >= 15 is 0 Å². The molecule has 0 saturated heterocycles. The zero-order chi connectivity index (χ0) is 20.4. The Morgan fingerprint density at radius 3 is 2.66 bits per heavy atom. The van der Waals surface area contributed by atoms with Gasteiger partial charge < -0.3 is 14.4 Å². The number of para-hydroxylation sites is 3. The normalized spacial score (nSPS) is 17.8. The number of esters is 1. The van der Waals surface area contributed by atoms with Crippen molar-refractivity contribution in [3.8, 4) is 5.75 Å². The number of ether oxygens (including phenoxy) is 2. The lowest BCUT2D eigenvalue weighted by molar-refractivity contribution is -0.147. The number of anilines is 2. The topological polar surface area (TPSA) is 76.2 Å². The molecule has 2 amide bonds. The van der Waals surface area contributed by atoms with Crippen LogP contribution in [0.2, 0.25) is 0 Å². The Bertz CT molecular complexity index is 958. The van der Waals surface area contributed by atoms with Crippen LogP contribution in [0.3, 0.4) is 0 Å². The van der Waals surface area contributed by atoms with Crippen LogP contribution in [0, 0.1) is 0 Å². The molecule has 0 spiro atoms. The van der Waals surface area contributed by atoms with Gasteiger partial charge in [0.2, 0.25) is 5.91 Å². The van der Waals surface area contributed by atoms with E-state index in [9.17, 15) is 14.4 Å². The van der Waals surface area contributed by atoms with Crippen molar-refractivity contribution in [2.45, 2.75) is 25.8 Å². The van der Waals surface area contributed by atoms with Crippen molar-refractivity contribution >= 4 is 29.2 Å². The fourth-order valence-corrected chi connectivity index (χ4v) is 3.83. The van der Waals surface area contributed by atoms with E-state index in [1.807, 2.05) is 31.2 Å². The Hall–Kier alpha value is -3.35. The summed E-state index contributed by atoms with van der Waals surface area (Å²) in [6, 6.07) is 14.8. The minimum Gasteiger partial charge on any atom is -0.491 e. The summed E-state index contributed by atoms with van der Waals surface area (Å²) in [5, 5.41) is 0. The molecular weight excluding hydrogens is 372 g/mol. The summed E-state index contributed by atoms with van der Waals surface area (Å²) in [7, 11) is 0. The van der Waals surface area contributed by atoms with Crippen LogP contribution >= 0.6 is 0 Å². The molecule has 2 aromatic rings. The highest BCUT2D eigenvalue weighted by Gasteiger charge is 2.31. The smallest absolute Gasteiger partial charge is 0.326 e. The van der Waals surface area contributed by atoms with Crippen LogP contribution in [0.25, 0.3) is 0 Å². The van der Waals surface area contributed by atoms with Gasteiger partial charge in [-0.2, -0.15) is 0 Å². The molecule has 0 fully saturated rings. The third-order valence-corrected chi connectivity index (χ3v) is 5.15. The Morgan fingerprint density at radius 1 is 1.10 bits per heavy atom. The first-order valence-corrected chi connectivity index (χ1v) is 9.62. The lowest BCUT2D eigenvalue weighted by Crippen LogP contribution is -2.40. The van der Waals surface area contributed by atoms with Crippen molar-refractivity contribution in [2.75, 3.05) is 29.6 Å². The lowest BCUT2D eigenvalue weighted by Gasteiger charge is -2.23. The lowest BCUT2D eigenvalue weighted by atomic mass is 10.1. The summed E-state index contributed by atoms with van der Waals surface area (Å²) in [6.45, 7) is 1.59.